The second kappa shape index (κ2) is 5.92. The van der Waals surface area contributed by atoms with Crippen molar-refractivity contribution in [3.63, 3.8) is 0 Å². The number of aromatic amines is 1. The van der Waals surface area contributed by atoms with Crippen LogP contribution in [-0.4, -0.2) is 39.8 Å². The van der Waals surface area contributed by atoms with Crippen molar-refractivity contribution in [2.45, 2.75) is 58.1 Å². The van der Waals surface area contributed by atoms with Gasteiger partial charge in [-0.3, -0.25) is 20.0 Å². The topological polar surface area (TPSA) is 110 Å². The number of carbonyl (C=O) groups excluding carboxylic acids is 1. The maximum absolute atomic E-state index is 12.5. The van der Waals surface area contributed by atoms with Gasteiger partial charge in [0.15, 0.2) is 0 Å². The molecule has 2 aliphatic carbocycles. The first kappa shape index (κ1) is 15.9. The van der Waals surface area contributed by atoms with Crippen molar-refractivity contribution >= 4 is 11.6 Å². The molecule has 0 radical (unpaired) electrons. The summed E-state index contributed by atoms with van der Waals surface area (Å²) in [5.74, 6) is -0.479. The summed E-state index contributed by atoms with van der Waals surface area (Å²) in [6.45, 7) is 4.18. The third-order valence-electron chi connectivity index (χ3n) is 5.31. The molecule has 2 fully saturated rings. The lowest BCUT2D eigenvalue weighted by Gasteiger charge is -2.53. The minimum absolute atomic E-state index is 0.00524. The Morgan fingerprint density at radius 3 is 2.83 bits per heavy atom. The maximum atomic E-state index is 12.5. The molecule has 2 saturated carbocycles. The van der Waals surface area contributed by atoms with E-state index < -0.39 is 10.8 Å². The Morgan fingerprint density at radius 2 is 2.22 bits per heavy atom. The highest BCUT2D eigenvalue weighted by molar-refractivity contribution is 5.96. The molecule has 8 heteroatoms. The van der Waals surface area contributed by atoms with E-state index in [1.165, 1.54) is 6.92 Å². The Balaban J connectivity index is 1.75. The van der Waals surface area contributed by atoms with E-state index in [1.54, 1.807) is 0 Å². The number of hydrogen-bond donors (Lipinski definition) is 2. The Hall–Kier alpha value is -1.96. The first-order valence-electron chi connectivity index (χ1n) is 8.11. The van der Waals surface area contributed by atoms with E-state index in [0.29, 0.717) is 6.61 Å². The molecule has 1 amide bonds. The van der Waals surface area contributed by atoms with Crippen molar-refractivity contribution in [3.05, 3.63) is 21.5 Å². The van der Waals surface area contributed by atoms with Crippen LogP contribution in [0.2, 0.25) is 0 Å². The summed E-state index contributed by atoms with van der Waals surface area (Å²) in [7, 11) is 0. The Bertz CT molecular complexity index is 621. The van der Waals surface area contributed by atoms with Crippen molar-refractivity contribution in [1.29, 1.82) is 0 Å². The van der Waals surface area contributed by atoms with Gasteiger partial charge in [-0.2, -0.15) is 5.10 Å². The Labute approximate surface area is 134 Å². The number of carbonyl (C=O) groups is 1. The zero-order valence-electron chi connectivity index (χ0n) is 13.4. The van der Waals surface area contributed by atoms with Crippen LogP contribution in [0.25, 0.3) is 0 Å². The summed E-state index contributed by atoms with van der Waals surface area (Å²) in [5.41, 5.74) is -0.105. The highest BCUT2D eigenvalue weighted by atomic mass is 16.6. The summed E-state index contributed by atoms with van der Waals surface area (Å²) >= 11 is 0. The highest BCUT2D eigenvalue weighted by Crippen LogP contribution is 2.54. The van der Waals surface area contributed by atoms with Crippen LogP contribution >= 0.6 is 0 Å². The minimum Gasteiger partial charge on any atom is -0.378 e. The Kier molecular flexibility index (Phi) is 4.09. The van der Waals surface area contributed by atoms with Crippen LogP contribution in [0, 0.1) is 22.5 Å². The number of rotatable bonds is 5. The van der Waals surface area contributed by atoms with Gasteiger partial charge in [0.2, 0.25) is 5.69 Å². The standard InChI is InChI=1S/C15H22N4O4/c1-3-23-11-8-10(15(11)6-4-5-7-15)16-14(20)12-13(19(21)22)9(2)17-18-12/h10-11H,3-8H2,1-2H3,(H,16,20)(H,17,18). The molecule has 0 aliphatic heterocycles. The van der Waals surface area contributed by atoms with Gasteiger partial charge in [0.05, 0.1) is 11.0 Å². The molecule has 1 spiro atoms. The molecule has 0 aromatic carbocycles. The van der Waals surface area contributed by atoms with Gasteiger partial charge in [-0.05, 0) is 33.1 Å². The van der Waals surface area contributed by atoms with Crippen LogP contribution < -0.4 is 5.32 Å². The molecule has 2 aliphatic rings. The average molecular weight is 322 g/mol. The molecule has 8 nitrogen and oxygen atoms in total. The summed E-state index contributed by atoms with van der Waals surface area (Å²) in [6.07, 6.45) is 5.27. The van der Waals surface area contributed by atoms with E-state index in [-0.39, 0.29) is 34.6 Å². The van der Waals surface area contributed by atoms with E-state index in [1.807, 2.05) is 6.92 Å². The van der Waals surface area contributed by atoms with Crippen LogP contribution in [0.3, 0.4) is 0 Å². The monoisotopic (exact) mass is 322 g/mol. The third-order valence-corrected chi connectivity index (χ3v) is 5.31. The smallest absolute Gasteiger partial charge is 0.322 e. The summed E-state index contributed by atoms with van der Waals surface area (Å²) in [5, 5.41) is 20.4. The number of ether oxygens (including phenoxy) is 1. The number of nitrogens with one attached hydrogen (secondary N) is 2. The first-order chi connectivity index (χ1) is 11.0. The molecule has 1 aromatic heterocycles. The molecule has 2 N–H and O–H groups in total. The molecule has 126 valence electrons. The summed E-state index contributed by atoms with van der Waals surface area (Å²) in [4.78, 5) is 23.0. The van der Waals surface area contributed by atoms with Gasteiger partial charge in [0, 0.05) is 18.1 Å². The zero-order valence-corrected chi connectivity index (χ0v) is 13.4. The van der Waals surface area contributed by atoms with E-state index in [0.717, 1.165) is 32.1 Å². The van der Waals surface area contributed by atoms with Crippen LogP contribution in [0.4, 0.5) is 5.69 Å². The molecule has 23 heavy (non-hydrogen) atoms. The van der Waals surface area contributed by atoms with Gasteiger partial charge in [-0.25, -0.2) is 0 Å². The van der Waals surface area contributed by atoms with Crippen molar-refractivity contribution in [2.24, 2.45) is 5.41 Å². The van der Waals surface area contributed by atoms with E-state index in [4.69, 9.17) is 4.74 Å². The largest absolute Gasteiger partial charge is 0.378 e. The fourth-order valence-electron chi connectivity index (χ4n) is 4.12. The van der Waals surface area contributed by atoms with Crippen molar-refractivity contribution < 1.29 is 14.5 Å². The normalized spacial score (nSPS) is 25.3. The lowest BCUT2D eigenvalue weighted by molar-refractivity contribution is -0.385. The number of H-pyrrole nitrogens is 1. The quantitative estimate of drug-likeness (QED) is 0.637. The fourth-order valence-corrected chi connectivity index (χ4v) is 4.12. The van der Waals surface area contributed by atoms with Gasteiger partial charge in [0.1, 0.15) is 5.69 Å². The summed E-state index contributed by atoms with van der Waals surface area (Å²) in [6, 6.07) is 0.00524. The second-order valence-corrected chi connectivity index (χ2v) is 6.45. The predicted molar refractivity (Wildman–Crippen MR) is 82.2 cm³/mol. The molecular weight excluding hydrogens is 300 g/mol. The van der Waals surface area contributed by atoms with Crippen LogP contribution in [0.1, 0.15) is 55.2 Å². The molecule has 0 saturated heterocycles. The summed E-state index contributed by atoms with van der Waals surface area (Å²) < 4.78 is 5.82. The first-order valence-corrected chi connectivity index (χ1v) is 8.11. The molecule has 3 rings (SSSR count). The molecular formula is C15H22N4O4. The van der Waals surface area contributed by atoms with Crippen LogP contribution in [0.5, 0.6) is 0 Å². The lowest BCUT2D eigenvalue weighted by Crippen LogP contribution is -2.63. The fraction of sp³-hybridized carbons (Fsp3) is 0.733. The SMILES string of the molecule is CCOC1CC(NC(=O)c2n[nH]c(C)c2[N+](=O)[O-])C12CCCC2. The molecule has 1 aromatic rings. The van der Waals surface area contributed by atoms with Crippen LogP contribution in [0.15, 0.2) is 0 Å². The van der Waals surface area contributed by atoms with Gasteiger partial charge in [0.25, 0.3) is 5.91 Å². The van der Waals surface area contributed by atoms with Gasteiger partial charge in [-0.1, -0.05) is 12.8 Å². The number of nitro groups is 1. The average Bonchev–Trinajstić information content (AvgIpc) is 3.14. The van der Waals surface area contributed by atoms with Crippen molar-refractivity contribution in [3.8, 4) is 0 Å². The van der Waals surface area contributed by atoms with E-state index in [9.17, 15) is 14.9 Å². The minimum atomic E-state index is -0.567. The van der Waals surface area contributed by atoms with Gasteiger partial charge < -0.3 is 10.1 Å². The Morgan fingerprint density at radius 1 is 1.52 bits per heavy atom. The van der Waals surface area contributed by atoms with Crippen molar-refractivity contribution in [1.82, 2.24) is 15.5 Å². The number of aryl methyl sites for hydroxylation is 1. The molecule has 2 unspecified atom stereocenters. The van der Waals surface area contributed by atoms with E-state index >= 15 is 0 Å². The number of hydrogen-bond acceptors (Lipinski definition) is 5. The third kappa shape index (κ3) is 2.50. The molecule has 0 bridgehead atoms. The second-order valence-electron chi connectivity index (χ2n) is 6.45. The zero-order chi connectivity index (χ0) is 16.6. The highest BCUT2D eigenvalue weighted by Gasteiger charge is 2.57. The maximum Gasteiger partial charge on any atom is 0.322 e. The van der Waals surface area contributed by atoms with Gasteiger partial charge >= 0.3 is 5.69 Å². The van der Waals surface area contributed by atoms with Crippen LogP contribution in [-0.2, 0) is 4.74 Å². The number of nitrogens with zero attached hydrogens (tertiary/aromatic N) is 2. The molecule has 1 heterocycles. The van der Waals surface area contributed by atoms with E-state index in [2.05, 4.69) is 15.5 Å². The number of aromatic nitrogens is 2. The lowest BCUT2D eigenvalue weighted by atomic mass is 9.60. The van der Waals surface area contributed by atoms with Gasteiger partial charge in [-0.15, -0.1) is 0 Å². The predicted octanol–water partition coefficient (Wildman–Crippen LogP) is 2.09. The van der Waals surface area contributed by atoms with Crippen molar-refractivity contribution in [2.75, 3.05) is 6.61 Å². The molecule has 2 atom stereocenters. The number of amides is 1.